The first-order valence-corrected chi connectivity index (χ1v) is 8.30. The van der Waals surface area contributed by atoms with Crippen molar-refractivity contribution in [3.8, 4) is 0 Å². The molecule has 0 aliphatic carbocycles. The molecule has 1 heterocycles. The molecule has 1 saturated heterocycles. The van der Waals surface area contributed by atoms with Gasteiger partial charge in [0.2, 0.25) is 11.8 Å². The molecule has 0 spiro atoms. The SMILES string of the molecule is O=C(N/N=C\c1ccc(C(F)(F)F)cc1)[C@@H]1CC(=O)N(c2ccc(F)cc2)C1. The molecule has 2 aromatic rings. The molecule has 0 aromatic heterocycles. The standard InChI is InChI=1S/C19H15F4N3O2/c20-15-5-7-16(8-6-15)26-11-13(9-17(26)27)18(28)25-24-10-12-1-3-14(4-2-12)19(21,22)23/h1-8,10,13H,9,11H2,(H,25,28)/b24-10-/t13-/m1/s1. The van der Waals surface area contributed by atoms with E-state index in [4.69, 9.17) is 0 Å². The monoisotopic (exact) mass is 393 g/mol. The summed E-state index contributed by atoms with van der Waals surface area (Å²) in [5.74, 6) is -1.82. The van der Waals surface area contributed by atoms with E-state index in [1.807, 2.05) is 0 Å². The number of nitrogens with one attached hydrogen (secondary N) is 1. The van der Waals surface area contributed by atoms with E-state index in [0.29, 0.717) is 11.3 Å². The molecule has 0 unspecified atom stereocenters. The third-order valence-electron chi connectivity index (χ3n) is 4.26. The van der Waals surface area contributed by atoms with Crippen LogP contribution in [0.3, 0.4) is 0 Å². The van der Waals surface area contributed by atoms with Crippen LogP contribution in [-0.4, -0.2) is 24.6 Å². The van der Waals surface area contributed by atoms with Crippen LogP contribution in [0.5, 0.6) is 0 Å². The van der Waals surface area contributed by atoms with E-state index < -0.39 is 29.4 Å². The lowest BCUT2D eigenvalue weighted by atomic mass is 10.1. The Kier molecular flexibility index (Phi) is 5.43. The minimum Gasteiger partial charge on any atom is -0.312 e. The van der Waals surface area contributed by atoms with Crippen LogP contribution in [-0.2, 0) is 15.8 Å². The Morgan fingerprint density at radius 1 is 1.11 bits per heavy atom. The number of amides is 2. The van der Waals surface area contributed by atoms with Crippen LogP contribution in [0, 0.1) is 11.7 Å². The van der Waals surface area contributed by atoms with Gasteiger partial charge in [0.25, 0.3) is 0 Å². The van der Waals surface area contributed by atoms with E-state index in [9.17, 15) is 27.2 Å². The maximum Gasteiger partial charge on any atom is 0.416 e. The normalized spacial score (nSPS) is 17.4. The Morgan fingerprint density at radius 2 is 1.75 bits per heavy atom. The molecule has 0 bridgehead atoms. The molecule has 9 heteroatoms. The first-order chi connectivity index (χ1) is 13.2. The van der Waals surface area contributed by atoms with E-state index in [1.165, 1.54) is 47.5 Å². The number of anilines is 1. The fraction of sp³-hybridized carbons (Fsp3) is 0.211. The fourth-order valence-electron chi connectivity index (χ4n) is 2.77. The topological polar surface area (TPSA) is 61.8 Å². The molecule has 1 aliphatic heterocycles. The Morgan fingerprint density at radius 3 is 2.36 bits per heavy atom. The van der Waals surface area contributed by atoms with Gasteiger partial charge >= 0.3 is 6.18 Å². The highest BCUT2D eigenvalue weighted by Crippen LogP contribution is 2.29. The van der Waals surface area contributed by atoms with Gasteiger partial charge in [-0.1, -0.05) is 12.1 Å². The second-order valence-electron chi connectivity index (χ2n) is 6.24. The van der Waals surface area contributed by atoms with Gasteiger partial charge in [-0.2, -0.15) is 18.3 Å². The van der Waals surface area contributed by atoms with Crippen LogP contribution >= 0.6 is 0 Å². The van der Waals surface area contributed by atoms with Gasteiger partial charge < -0.3 is 4.90 Å². The minimum absolute atomic E-state index is 0.0149. The Labute approximate surface area is 157 Å². The lowest BCUT2D eigenvalue weighted by Crippen LogP contribution is -2.30. The van der Waals surface area contributed by atoms with Gasteiger partial charge in [0.15, 0.2) is 0 Å². The van der Waals surface area contributed by atoms with Crippen LogP contribution < -0.4 is 10.3 Å². The van der Waals surface area contributed by atoms with Gasteiger partial charge in [0, 0.05) is 18.7 Å². The van der Waals surface area contributed by atoms with Crippen molar-refractivity contribution in [2.75, 3.05) is 11.4 Å². The number of halogens is 4. The summed E-state index contributed by atoms with van der Waals surface area (Å²) in [6.45, 7) is 0.131. The molecular weight excluding hydrogens is 378 g/mol. The molecule has 2 amide bonds. The number of carbonyl (C=O) groups is 2. The van der Waals surface area contributed by atoms with Crippen molar-refractivity contribution in [1.29, 1.82) is 0 Å². The Bertz CT molecular complexity index is 893. The molecule has 28 heavy (non-hydrogen) atoms. The zero-order valence-electron chi connectivity index (χ0n) is 14.4. The zero-order chi connectivity index (χ0) is 20.3. The van der Waals surface area contributed by atoms with E-state index in [2.05, 4.69) is 10.5 Å². The minimum atomic E-state index is -4.42. The maximum atomic E-state index is 13.0. The lowest BCUT2D eigenvalue weighted by molar-refractivity contribution is -0.137. The van der Waals surface area contributed by atoms with Crippen molar-refractivity contribution in [1.82, 2.24) is 5.43 Å². The van der Waals surface area contributed by atoms with Crippen LogP contribution in [0.4, 0.5) is 23.2 Å². The smallest absolute Gasteiger partial charge is 0.312 e. The molecule has 1 aliphatic rings. The second-order valence-corrected chi connectivity index (χ2v) is 6.24. The summed E-state index contributed by atoms with van der Waals surface area (Å²) in [5, 5.41) is 3.73. The molecular formula is C19H15F4N3O2. The van der Waals surface area contributed by atoms with Gasteiger partial charge in [-0.15, -0.1) is 0 Å². The molecule has 0 saturated carbocycles. The summed E-state index contributed by atoms with van der Waals surface area (Å²) in [7, 11) is 0. The van der Waals surface area contributed by atoms with Crippen molar-refractivity contribution in [2.24, 2.45) is 11.0 Å². The lowest BCUT2D eigenvalue weighted by Gasteiger charge is -2.16. The molecule has 146 valence electrons. The van der Waals surface area contributed by atoms with Crippen molar-refractivity contribution in [3.05, 3.63) is 65.5 Å². The van der Waals surface area contributed by atoms with Crippen molar-refractivity contribution >= 4 is 23.7 Å². The fourth-order valence-corrected chi connectivity index (χ4v) is 2.77. The van der Waals surface area contributed by atoms with Crippen molar-refractivity contribution in [2.45, 2.75) is 12.6 Å². The highest BCUT2D eigenvalue weighted by molar-refractivity contribution is 6.00. The van der Waals surface area contributed by atoms with Gasteiger partial charge in [0.05, 0.1) is 17.7 Å². The van der Waals surface area contributed by atoms with Crippen LogP contribution in [0.1, 0.15) is 17.5 Å². The van der Waals surface area contributed by atoms with E-state index >= 15 is 0 Å². The number of rotatable bonds is 4. The summed E-state index contributed by atoms with van der Waals surface area (Å²) >= 11 is 0. The van der Waals surface area contributed by atoms with Gasteiger partial charge in [-0.3, -0.25) is 9.59 Å². The maximum absolute atomic E-state index is 13.0. The summed E-state index contributed by atoms with van der Waals surface area (Å²) in [4.78, 5) is 25.7. The summed E-state index contributed by atoms with van der Waals surface area (Å²) in [6, 6.07) is 9.65. The molecule has 1 N–H and O–H groups in total. The molecule has 1 atom stereocenters. The predicted octanol–water partition coefficient (Wildman–Crippen LogP) is 3.35. The van der Waals surface area contributed by atoms with E-state index in [1.54, 1.807) is 0 Å². The number of hydrogen-bond acceptors (Lipinski definition) is 3. The highest BCUT2D eigenvalue weighted by Gasteiger charge is 2.35. The van der Waals surface area contributed by atoms with Crippen LogP contribution in [0.2, 0.25) is 0 Å². The molecule has 3 rings (SSSR count). The predicted molar refractivity (Wildman–Crippen MR) is 94.0 cm³/mol. The molecule has 0 radical (unpaired) electrons. The first kappa shape index (κ1) is 19.5. The van der Waals surface area contributed by atoms with E-state index in [0.717, 1.165) is 12.1 Å². The quantitative estimate of drug-likeness (QED) is 0.492. The van der Waals surface area contributed by atoms with Crippen LogP contribution in [0.25, 0.3) is 0 Å². The number of benzene rings is 2. The number of hydrogen-bond donors (Lipinski definition) is 1. The van der Waals surface area contributed by atoms with Gasteiger partial charge in [-0.05, 0) is 42.0 Å². The molecule has 1 fully saturated rings. The first-order valence-electron chi connectivity index (χ1n) is 8.30. The van der Waals surface area contributed by atoms with Gasteiger partial charge in [0.1, 0.15) is 5.82 Å². The number of alkyl halides is 3. The summed E-state index contributed by atoms with van der Waals surface area (Å²) in [5.41, 5.74) is 2.38. The highest BCUT2D eigenvalue weighted by atomic mass is 19.4. The van der Waals surface area contributed by atoms with Crippen molar-refractivity contribution in [3.63, 3.8) is 0 Å². The van der Waals surface area contributed by atoms with Crippen LogP contribution in [0.15, 0.2) is 53.6 Å². The molecule has 5 nitrogen and oxygen atoms in total. The average Bonchev–Trinajstić information content (AvgIpc) is 3.04. The Balaban J connectivity index is 1.57. The third-order valence-corrected chi connectivity index (χ3v) is 4.26. The third kappa shape index (κ3) is 4.54. The van der Waals surface area contributed by atoms with Gasteiger partial charge in [-0.25, -0.2) is 9.82 Å². The number of nitrogens with zero attached hydrogens (tertiary/aromatic N) is 2. The average molecular weight is 393 g/mol. The van der Waals surface area contributed by atoms with E-state index in [-0.39, 0.29) is 18.9 Å². The zero-order valence-corrected chi connectivity index (χ0v) is 14.4. The Hall–Kier alpha value is -3.23. The molecule has 2 aromatic carbocycles. The second kappa shape index (κ2) is 7.79. The van der Waals surface area contributed by atoms with Crippen molar-refractivity contribution < 1.29 is 27.2 Å². The summed E-state index contributed by atoms with van der Waals surface area (Å²) in [6.07, 6.45) is -3.22. The largest absolute Gasteiger partial charge is 0.416 e. The summed E-state index contributed by atoms with van der Waals surface area (Å²) < 4.78 is 50.5. The number of hydrazone groups is 1. The number of carbonyl (C=O) groups excluding carboxylic acids is 2.